The molecule has 172 valence electrons. The van der Waals surface area contributed by atoms with Crippen LogP contribution >= 0.6 is 11.6 Å². The second-order valence-corrected chi connectivity index (χ2v) is 8.26. The zero-order valence-electron chi connectivity index (χ0n) is 18.7. The van der Waals surface area contributed by atoms with E-state index in [9.17, 15) is 9.59 Å². The number of amides is 1. The lowest BCUT2D eigenvalue weighted by Crippen LogP contribution is -2.51. The molecule has 1 unspecified atom stereocenters. The van der Waals surface area contributed by atoms with Gasteiger partial charge in [0.15, 0.2) is 5.69 Å². The first-order valence-corrected chi connectivity index (χ1v) is 11.3. The number of ether oxygens (including phenoxy) is 1. The molecule has 33 heavy (non-hydrogen) atoms. The van der Waals surface area contributed by atoms with Crippen molar-refractivity contribution in [3.63, 3.8) is 0 Å². The Kier molecular flexibility index (Phi) is 7.11. The fraction of sp³-hybridized carbons (Fsp3) is 0.320. The van der Waals surface area contributed by atoms with Crippen LogP contribution in [0.2, 0.25) is 5.02 Å². The molecule has 2 heterocycles. The molecule has 1 aliphatic heterocycles. The summed E-state index contributed by atoms with van der Waals surface area (Å²) in [5.74, 6) is 0.448. The molecule has 1 aromatic heterocycles. The van der Waals surface area contributed by atoms with Gasteiger partial charge in [0.1, 0.15) is 11.8 Å². The van der Waals surface area contributed by atoms with Crippen molar-refractivity contribution in [2.45, 2.75) is 19.9 Å². The van der Waals surface area contributed by atoms with Crippen LogP contribution in [0.25, 0.3) is 11.5 Å². The van der Waals surface area contributed by atoms with Gasteiger partial charge in [0.05, 0.1) is 6.61 Å². The monoisotopic (exact) mass is 467 g/mol. The van der Waals surface area contributed by atoms with Gasteiger partial charge in [0.2, 0.25) is 5.89 Å². The van der Waals surface area contributed by atoms with E-state index < -0.39 is 6.04 Å². The highest BCUT2D eigenvalue weighted by molar-refractivity contribution is 6.30. The van der Waals surface area contributed by atoms with Gasteiger partial charge in [-0.2, -0.15) is 0 Å². The molecule has 0 bridgehead atoms. The molecule has 0 N–H and O–H groups in total. The molecule has 1 amide bonds. The Morgan fingerprint density at radius 3 is 2.36 bits per heavy atom. The average Bonchev–Trinajstić information content (AvgIpc) is 3.23. The number of halogens is 1. The number of carbonyl (C=O) groups is 2. The van der Waals surface area contributed by atoms with Crippen molar-refractivity contribution >= 4 is 23.5 Å². The highest BCUT2D eigenvalue weighted by Gasteiger charge is 2.34. The first-order valence-electron chi connectivity index (χ1n) is 11.0. The van der Waals surface area contributed by atoms with Crippen molar-refractivity contribution in [1.82, 2.24) is 14.8 Å². The molecule has 1 saturated heterocycles. The normalized spacial score (nSPS) is 15.3. The number of hydrogen-bond acceptors (Lipinski definition) is 6. The summed E-state index contributed by atoms with van der Waals surface area (Å²) in [7, 11) is 0. The average molecular weight is 468 g/mol. The standard InChI is InChI=1S/C25H26ClN3O4/c1-3-32-25(31)22(18-9-11-20(26)12-10-18)28-13-15-29(16-14-28)24(30)21-17(2)33-23(27-21)19-7-5-4-6-8-19/h4-12,22H,3,13-16H2,1-2H3. The number of piperazine rings is 1. The van der Waals surface area contributed by atoms with Crippen LogP contribution < -0.4 is 0 Å². The Labute approximate surface area is 197 Å². The van der Waals surface area contributed by atoms with Crippen LogP contribution in [0.4, 0.5) is 0 Å². The van der Waals surface area contributed by atoms with E-state index in [-0.39, 0.29) is 11.9 Å². The van der Waals surface area contributed by atoms with Gasteiger partial charge < -0.3 is 14.1 Å². The fourth-order valence-electron chi connectivity index (χ4n) is 3.99. The molecule has 1 fully saturated rings. The van der Waals surface area contributed by atoms with E-state index >= 15 is 0 Å². The molecule has 1 aliphatic rings. The summed E-state index contributed by atoms with van der Waals surface area (Å²) >= 11 is 6.02. The SMILES string of the molecule is CCOC(=O)C(c1ccc(Cl)cc1)N1CCN(C(=O)c2nc(-c3ccccc3)oc2C)CC1. The van der Waals surface area contributed by atoms with Crippen LogP contribution in [-0.2, 0) is 9.53 Å². The van der Waals surface area contributed by atoms with Gasteiger partial charge in [0.25, 0.3) is 5.91 Å². The van der Waals surface area contributed by atoms with E-state index in [1.165, 1.54) is 0 Å². The van der Waals surface area contributed by atoms with E-state index in [1.54, 1.807) is 30.9 Å². The van der Waals surface area contributed by atoms with Crippen LogP contribution in [0.3, 0.4) is 0 Å². The third-order valence-corrected chi connectivity index (χ3v) is 5.93. The zero-order valence-corrected chi connectivity index (χ0v) is 19.4. The van der Waals surface area contributed by atoms with E-state index in [1.807, 2.05) is 47.4 Å². The van der Waals surface area contributed by atoms with E-state index in [0.29, 0.717) is 55.2 Å². The smallest absolute Gasteiger partial charge is 0.328 e. The molecular weight excluding hydrogens is 442 g/mol. The number of aryl methyl sites for hydroxylation is 1. The van der Waals surface area contributed by atoms with Crippen molar-refractivity contribution in [2.24, 2.45) is 0 Å². The van der Waals surface area contributed by atoms with E-state index in [2.05, 4.69) is 4.98 Å². The van der Waals surface area contributed by atoms with Crippen LogP contribution in [-0.4, -0.2) is 59.4 Å². The number of benzene rings is 2. The summed E-state index contributed by atoms with van der Waals surface area (Å²) in [6.45, 7) is 5.83. The Bertz CT molecular complexity index is 1110. The van der Waals surface area contributed by atoms with Crippen LogP contribution in [0.5, 0.6) is 0 Å². The van der Waals surface area contributed by atoms with Crippen LogP contribution in [0.15, 0.2) is 59.0 Å². The Morgan fingerprint density at radius 1 is 1.06 bits per heavy atom. The first-order chi connectivity index (χ1) is 16.0. The van der Waals surface area contributed by atoms with Gasteiger partial charge in [0, 0.05) is 36.8 Å². The predicted molar refractivity (Wildman–Crippen MR) is 125 cm³/mol. The summed E-state index contributed by atoms with van der Waals surface area (Å²) in [4.78, 5) is 34.2. The maximum absolute atomic E-state index is 13.2. The third-order valence-electron chi connectivity index (χ3n) is 5.68. The highest BCUT2D eigenvalue weighted by atomic mass is 35.5. The molecule has 2 aromatic carbocycles. The molecule has 0 spiro atoms. The van der Waals surface area contributed by atoms with Crippen molar-refractivity contribution in [3.05, 3.63) is 76.6 Å². The van der Waals surface area contributed by atoms with Crippen molar-refractivity contribution < 1.29 is 18.7 Å². The van der Waals surface area contributed by atoms with Gasteiger partial charge in [-0.15, -0.1) is 0 Å². The molecular formula is C25H26ClN3O4. The van der Waals surface area contributed by atoms with Gasteiger partial charge in [-0.3, -0.25) is 9.69 Å². The molecule has 0 aliphatic carbocycles. The number of oxazole rings is 1. The van der Waals surface area contributed by atoms with E-state index in [4.69, 9.17) is 20.8 Å². The van der Waals surface area contributed by atoms with Gasteiger partial charge >= 0.3 is 5.97 Å². The van der Waals surface area contributed by atoms with Crippen molar-refractivity contribution in [1.29, 1.82) is 0 Å². The van der Waals surface area contributed by atoms with Gasteiger partial charge in [-0.25, -0.2) is 9.78 Å². The number of nitrogens with zero attached hydrogens (tertiary/aromatic N) is 3. The Balaban J connectivity index is 1.47. The number of aromatic nitrogens is 1. The molecule has 1 atom stereocenters. The zero-order chi connectivity index (χ0) is 23.4. The molecule has 0 radical (unpaired) electrons. The minimum absolute atomic E-state index is 0.169. The summed E-state index contributed by atoms with van der Waals surface area (Å²) in [5, 5.41) is 0.606. The first kappa shape index (κ1) is 23.0. The van der Waals surface area contributed by atoms with Crippen LogP contribution in [0.1, 0.15) is 34.8 Å². The van der Waals surface area contributed by atoms with Gasteiger partial charge in [-0.1, -0.05) is 41.9 Å². The summed E-state index contributed by atoms with van der Waals surface area (Å²) < 4.78 is 11.1. The second kappa shape index (κ2) is 10.2. The Morgan fingerprint density at radius 2 is 1.73 bits per heavy atom. The molecule has 0 saturated carbocycles. The van der Waals surface area contributed by atoms with Crippen molar-refractivity contribution in [2.75, 3.05) is 32.8 Å². The minimum atomic E-state index is -0.544. The van der Waals surface area contributed by atoms with Crippen molar-refractivity contribution in [3.8, 4) is 11.5 Å². The summed E-state index contributed by atoms with van der Waals surface area (Å²) in [6.07, 6.45) is 0. The number of rotatable bonds is 6. The lowest BCUT2D eigenvalue weighted by molar-refractivity contribution is -0.150. The second-order valence-electron chi connectivity index (χ2n) is 7.82. The number of hydrogen-bond donors (Lipinski definition) is 0. The topological polar surface area (TPSA) is 75.9 Å². The molecule has 3 aromatic rings. The quantitative estimate of drug-likeness (QED) is 0.501. The third kappa shape index (κ3) is 5.10. The lowest BCUT2D eigenvalue weighted by Gasteiger charge is -2.38. The summed E-state index contributed by atoms with van der Waals surface area (Å²) in [6, 6.07) is 16.2. The number of carbonyl (C=O) groups excluding carboxylic acids is 2. The largest absolute Gasteiger partial charge is 0.465 e. The lowest BCUT2D eigenvalue weighted by atomic mass is 10.0. The molecule has 8 heteroatoms. The van der Waals surface area contributed by atoms with Gasteiger partial charge in [-0.05, 0) is 43.7 Å². The van der Waals surface area contributed by atoms with E-state index in [0.717, 1.165) is 11.1 Å². The van der Waals surface area contributed by atoms with Crippen LogP contribution in [0, 0.1) is 6.92 Å². The minimum Gasteiger partial charge on any atom is -0.465 e. The molecule has 7 nitrogen and oxygen atoms in total. The fourth-order valence-corrected chi connectivity index (χ4v) is 4.12. The molecule has 4 rings (SSSR count). The Hall–Kier alpha value is -3.16. The predicted octanol–water partition coefficient (Wildman–Crippen LogP) is 4.37. The maximum Gasteiger partial charge on any atom is 0.328 e. The highest BCUT2D eigenvalue weighted by Crippen LogP contribution is 2.27. The number of esters is 1. The maximum atomic E-state index is 13.2. The summed E-state index contributed by atoms with van der Waals surface area (Å²) in [5.41, 5.74) is 1.96.